The minimum Gasteiger partial charge on any atom is -0.378 e. The normalized spacial score (nSPS) is 31.6. The summed E-state index contributed by atoms with van der Waals surface area (Å²) >= 11 is 0. The van der Waals surface area contributed by atoms with Crippen LogP contribution in [-0.4, -0.2) is 11.1 Å². The second-order valence-corrected chi connectivity index (χ2v) is 9.23. The van der Waals surface area contributed by atoms with E-state index in [-0.39, 0.29) is 11.1 Å². The molecule has 0 aromatic carbocycles. The maximum absolute atomic E-state index is 3.92. The van der Waals surface area contributed by atoms with Gasteiger partial charge in [-0.2, -0.15) is 0 Å². The van der Waals surface area contributed by atoms with Crippen LogP contribution in [0, 0.1) is 10.8 Å². The second-order valence-electron chi connectivity index (χ2n) is 9.23. The van der Waals surface area contributed by atoms with Crippen LogP contribution in [0.25, 0.3) is 0 Å². The van der Waals surface area contributed by atoms with Crippen molar-refractivity contribution < 1.29 is 0 Å². The van der Waals surface area contributed by atoms with E-state index >= 15 is 0 Å². The molecule has 112 valence electrons. The maximum atomic E-state index is 3.92. The topological polar surface area (TPSA) is 24.1 Å². The molecule has 0 amide bonds. The van der Waals surface area contributed by atoms with E-state index < -0.39 is 0 Å². The lowest BCUT2D eigenvalue weighted by Crippen LogP contribution is -2.39. The van der Waals surface area contributed by atoms with Crippen LogP contribution >= 0.6 is 0 Å². The van der Waals surface area contributed by atoms with E-state index in [4.69, 9.17) is 0 Å². The van der Waals surface area contributed by atoms with E-state index in [0.29, 0.717) is 10.8 Å². The highest BCUT2D eigenvalue weighted by atomic mass is 15.1. The van der Waals surface area contributed by atoms with Crippen molar-refractivity contribution >= 4 is 0 Å². The molecular formula is C18H30N2. The smallest absolute Gasteiger partial charge is 0.0565 e. The zero-order chi connectivity index (χ0) is 15.0. The van der Waals surface area contributed by atoms with Gasteiger partial charge in [0.05, 0.1) is 11.2 Å². The number of hydrogen-bond donors (Lipinski definition) is 2. The first-order valence-electron chi connectivity index (χ1n) is 7.95. The van der Waals surface area contributed by atoms with Crippen LogP contribution in [0.4, 0.5) is 0 Å². The van der Waals surface area contributed by atoms with Gasteiger partial charge in [0.25, 0.3) is 0 Å². The second kappa shape index (κ2) is 3.64. The van der Waals surface area contributed by atoms with Crippen LogP contribution in [0.5, 0.6) is 0 Å². The molecule has 0 atom stereocenters. The molecule has 1 spiro atoms. The zero-order valence-electron chi connectivity index (χ0n) is 14.2. The highest BCUT2D eigenvalue weighted by Crippen LogP contribution is 2.59. The van der Waals surface area contributed by atoms with Crippen LogP contribution in [0.3, 0.4) is 0 Å². The van der Waals surface area contributed by atoms with Gasteiger partial charge in [-0.15, -0.1) is 0 Å². The van der Waals surface area contributed by atoms with E-state index in [0.717, 1.165) is 6.42 Å². The number of dihydropyridines is 1. The molecule has 0 aromatic heterocycles. The van der Waals surface area contributed by atoms with Crippen molar-refractivity contribution in [2.24, 2.45) is 10.8 Å². The van der Waals surface area contributed by atoms with Crippen molar-refractivity contribution in [3.63, 3.8) is 0 Å². The Balaban J connectivity index is 1.90. The Hall–Kier alpha value is -0.920. The Morgan fingerprint density at radius 3 is 2.00 bits per heavy atom. The average molecular weight is 274 g/mol. The zero-order valence-corrected chi connectivity index (χ0v) is 14.2. The summed E-state index contributed by atoms with van der Waals surface area (Å²) in [4.78, 5) is 0. The van der Waals surface area contributed by atoms with Crippen LogP contribution in [0.2, 0.25) is 0 Å². The summed E-state index contributed by atoms with van der Waals surface area (Å²) in [6, 6.07) is 0. The van der Waals surface area contributed by atoms with E-state index in [1.807, 2.05) is 0 Å². The first kappa shape index (κ1) is 14.0. The molecule has 3 rings (SSSR count). The van der Waals surface area contributed by atoms with Gasteiger partial charge >= 0.3 is 0 Å². The highest BCUT2D eigenvalue weighted by Gasteiger charge is 2.57. The van der Waals surface area contributed by atoms with Crippen molar-refractivity contribution in [3.8, 4) is 0 Å². The van der Waals surface area contributed by atoms with Gasteiger partial charge in [-0.25, -0.2) is 0 Å². The molecule has 2 heterocycles. The number of allylic oxidation sites excluding steroid dienone is 1. The van der Waals surface area contributed by atoms with Crippen LogP contribution in [0.1, 0.15) is 67.7 Å². The lowest BCUT2D eigenvalue weighted by Gasteiger charge is -2.34. The SMILES string of the molecule is CC1=CC(C)(C)NC2=C1NC1(C2)CC(C)(C)C(C)(C)C1. The average Bonchev–Trinajstić information content (AvgIpc) is 2.59. The molecule has 2 heteroatoms. The van der Waals surface area contributed by atoms with Gasteiger partial charge < -0.3 is 10.6 Å². The van der Waals surface area contributed by atoms with Gasteiger partial charge in [-0.05, 0) is 50.0 Å². The molecule has 0 aromatic rings. The van der Waals surface area contributed by atoms with E-state index in [1.54, 1.807) is 0 Å². The quantitative estimate of drug-likeness (QED) is 0.695. The van der Waals surface area contributed by atoms with Crippen molar-refractivity contribution in [1.29, 1.82) is 0 Å². The first-order valence-corrected chi connectivity index (χ1v) is 7.95. The minimum absolute atomic E-state index is 0.0831. The fourth-order valence-corrected chi connectivity index (χ4v) is 4.74. The maximum Gasteiger partial charge on any atom is 0.0565 e. The molecule has 20 heavy (non-hydrogen) atoms. The van der Waals surface area contributed by atoms with E-state index in [9.17, 15) is 0 Å². The van der Waals surface area contributed by atoms with Crippen molar-refractivity contribution in [2.45, 2.75) is 78.8 Å². The Kier molecular flexibility index (Phi) is 2.55. The third-order valence-electron chi connectivity index (χ3n) is 6.04. The van der Waals surface area contributed by atoms with Crippen LogP contribution in [-0.2, 0) is 0 Å². The summed E-state index contributed by atoms with van der Waals surface area (Å²) in [6.45, 7) is 16.5. The monoisotopic (exact) mass is 274 g/mol. The lowest BCUT2D eigenvalue weighted by molar-refractivity contribution is 0.157. The Bertz CT molecular complexity index is 502. The van der Waals surface area contributed by atoms with Gasteiger partial charge in [0.1, 0.15) is 0 Å². The molecular weight excluding hydrogens is 244 g/mol. The summed E-state index contributed by atoms with van der Waals surface area (Å²) in [5.41, 5.74) is 5.34. The van der Waals surface area contributed by atoms with E-state index in [2.05, 4.69) is 65.2 Å². The largest absolute Gasteiger partial charge is 0.378 e. The molecule has 0 saturated heterocycles. The van der Waals surface area contributed by atoms with Crippen molar-refractivity contribution in [2.75, 3.05) is 0 Å². The molecule has 2 N–H and O–H groups in total. The predicted octanol–water partition coefficient (Wildman–Crippen LogP) is 4.10. The fraction of sp³-hybridized carbons (Fsp3) is 0.778. The van der Waals surface area contributed by atoms with Gasteiger partial charge in [0, 0.05) is 17.7 Å². The molecule has 3 aliphatic rings. The van der Waals surface area contributed by atoms with Gasteiger partial charge in [0.2, 0.25) is 0 Å². The molecule has 0 radical (unpaired) electrons. The Morgan fingerprint density at radius 2 is 1.45 bits per heavy atom. The molecule has 1 fully saturated rings. The van der Waals surface area contributed by atoms with Crippen LogP contribution < -0.4 is 10.6 Å². The summed E-state index contributed by atoms with van der Waals surface area (Å²) in [5.74, 6) is 0. The van der Waals surface area contributed by atoms with E-state index in [1.165, 1.54) is 29.8 Å². The Labute approximate surface area is 124 Å². The summed E-state index contributed by atoms with van der Waals surface area (Å²) in [5, 5.41) is 7.65. The van der Waals surface area contributed by atoms with Gasteiger partial charge in [-0.1, -0.05) is 33.8 Å². The fourth-order valence-electron chi connectivity index (χ4n) is 4.74. The number of nitrogens with one attached hydrogen (secondary N) is 2. The van der Waals surface area contributed by atoms with Crippen molar-refractivity contribution in [3.05, 3.63) is 23.0 Å². The number of rotatable bonds is 0. The summed E-state index contributed by atoms with van der Waals surface area (Å²) < 4.78 is 0. The number of hydrogen-bond acceptors (Lipinski definition) is 2. The first-order chi connectivity index (χ1) is 8.96. The molecule has 1 aliphatic carbocycles. The summed E-state index contributed by atoms with van der Waals surface area (Å²) in [7, 11) is 0. The van der Waals surface area contributed by atoms with Gasteiger partial charge in [0.15, 0.2) is 0 Å². The van der Waals surface area contributed by atoms with Crippen molar-refractivity contribution in [1.82, 2.24) is 10.6 Å². The minimum atomic E-state index is 0.0831. The standard InChI is InChI=1S/C18H30N2/c1-12-8-17(6,7)19-13-9-18(20-14(12)13)10-15(2,3)16(4,5)11-18/h8,19-20H,9-11H2,1-7H3. The molecule has 2 aliphatic heterocycles. The van der Waals surface area contributed by atoms with Gasteiger partial charge in [-0.3, -0.25) is 0 Å². The molecule has 0 unspecified atom stereocenters. The lowest BCUT2D eigenvalue weighted by atomic mass is 9.71. The third kappa shape index (κ3) is 1.91. The molecule has 2 nitrogen and oxygen atoms in total. The molecule has 0 bridgehead atoms. The highest BCUT2D eigenvalue weighted by molar-refractivity contribution is 5.45. The molecule has 1 saturated carbocycles. The Morgan fingerprint density at radius 1 is 0.900 bits per heavy atom. The van der Waals surface area contributed by atoms with Crippen LogP contribution in [0.15, 0.2) is 23.0 Å². The third-order valence-corrected chi connectivity index (χ3v) is 6.04. The predicted molar refractivity (Wildman–Crippen MR) is 85.3 cm³/mol. The summed E-state index contributed by atoms with van der Waals surface area (Å²) in [6.07, 6.45) is 6.03.